The van der Waals surface area contributed by atoms with E-state index < -0.39 is 0 Å². The lowest BCUT2D eigenvalue weighted by molar-refractivity contribution is 0.386. The molecule has 0 spiro atoms. The summed E-state index contributed by atoms with van der Waals surface area (Å²) < 4.78 is 0. The molecular formula is C9H20N2. The molecule has 0 radical (unpaired) electrons. The molecule has 1 aliphatic rings. The van der Waals surface area contributed by atoms with Gasteiger partial charge in [0.1, 0.15) is 0 Å². The van der Waals surface area contributed by atoms with Crippen molar-refractivity contribution < 1.29 is 0 Å². The minimum atomic E-state index is 0.520. The topological polar surface area (TPSA) is 15.3 Å². The third kappa shape index (κ3) is 3.73. The first-order chi connectivity index (χ1) is 5.12. The van der Waals surface area contributed by atoms with Crippen LogP contribution in [0.1, 0.15) is 26.2 Å². The molecule has 0 aliphatic heterocycles. The van der Waals surface area contributed by atoms with Gasteiger partial charge in [-0.3, -0.25) is 0 Å². The number of nitrogens with zero attached hydrogens (tertiary/aromatic N) is 1. The van der Waals surface area contributed by atoms with Gasteiger partial charge in [-0.2, -0.15) is 0 Å². The van der Waals surface area contributed by atoms with Crippen molar-refractivity contribution in [2.24, 2.45) is 0 Å². The zero-order valence-corrected chi connectivity index (χ0v) is 7.98. The van der Waals surface area contributed by atoms with Crippen LogP contribution in [0.5, 0.6) is 0 Å². The van der Waals surface area contributed by atoms with Crippen molar-refractivity contribution in [3.8, 4) is 0 Å². The summed E-state index contributed by atoms with van der Waals surface area (Å²) in [4.78, 5) is 2.23. The standard InChI is InChI=1S/C9H20N2/c1-9(5-6-9)10-7-4-8-11(2)3/h10H,4-8H2,1-3H3. The van der Waals surface area contributed by atoms with Crippen molar-refractivity contribution >= 4 is 0 Å². The van der Waals surface area contributed by atoms with Gasteiger partial charge < -0.3 is 10.2 Å². The van der Waals surface area contributed by atoms with Gasteiger partial charge in [-0.05, 0) is 53.4 Å². The average Bonchev–Trinajstić information content (AvgIpc) is 2.62. The quantitative estimate of drug-likeness (QED) is 0.599. The third-order valence-electron chi connectivity index (χ3n) is 2.33. The van der Waals surface area contributed by atoms with Crippen LogP contribution in [0.4, 0.5) is 0 Å². The summed E-state index contributed by atoms with van der Waals surface area (Å²) in [6.45, 7) is 4.68. The second-order valence-electron chi connectivity index (χ2n) is 4.14. The first-order valence-corrected chi connectivity index (χ1v) is 4.52. The number of rotatable bonds is 5. The fourth-order valence-corrected chi connectivity index (χ4v) is 1.15. The lowest BCUT2D eigenvalue weighted by Gasteiger charge is -2.13. The molecule has 0 aromatic rings. The van der Waals surface area contributed by atoms with Gasteiger partial charge in [0.05, 0.1) is 0 Å². The van der Waals surface area contributed by atoms with Crippen LogP contribution >= 0.6 is 0 Å². The van der Waals surface area contributed by atoms with Crippen LogP contribution in [0.15, 0.2) is 0 Å². The fraction of sp³-hybridized carbons (Fsp3) is 1.00. The fourth-order valence-electron chi connectivity index (χ4n) is 1.15. The van der Waals surface area contributed by atoms with Gasteiger partial charge >= 0.3 is 0 Å². The molecule has 1 rings (SSSR count). The minimum absolute atomic E-state index is 0.520. The van der Waals surface area contributed by atoms with E-state index >= 15 is 0 Å². The van der Waals surface area contributed by atoms with Gasteiger partial charge in [0.15, 0.2) is 0 Å². The van der Waals surface area contributed by atoms with Gasteiger partial charge in [0, 0.05) is 5.54 Å². The maximum absolute atomic E-state index is 3.56. The smallest absolute Gasteiger partial charge is 0.0154 e. The SMILES string of the molecule is CN(C)CCCNC1(C)CC1. The van der Waals surface area contributed by atoms with Crippen LogP contribution < -0.4 is 5.32 Å². The van der Waals surface area contributed by atoms with Crippen molar-refractivity contribution in [1.29, 1.82) is 0 Å². The molecule has 66 valence electrons. The van der Waals surface area contributed by atoms with Crippen LogP contribution in [0.2, 0.25) is 0 Å². The summed E-state index contributed by atoms with van der Waals surface area (Å²) in [5.74, 6) is 0. The first kappa shape index (κ1) is 9.01. The Kier molecular flexibility index (Phi) is 2.90. The Bertz CT molecular complexity index is 117. The summed E-state index contributed by atoms with van der Waals surface area (Å²) >= 11 is 0. The molecule has 0 unspecified atom stereocenters. The summed E-state index contributed by atoms with van der Waals surface area (Å²) in [6, 6.07) is 0. The molecule has 0 aromatic carbocycles. The molecule has 0 aromatic heterocycles. The van der Waals surface area contributed by atoms with E-state index in [0.29, 0.717) is 5.54 Å². The Labute approximate surface area is 70.0 Å². The van der Waals surface area contributed by atoms with Crippen LogP contribution in [-0.4, -0.2) is 37.6 Å². The van der Waals surface area contributed by atoms with Gasteiger partial charge in [-0.15, -0.1) is 0 Å². The molecule has 2 heteroatoms. The number of hydrogen-bond acceptors (Lipinski definition) is 2. The van der Waals surface area contributed by atoms with E-state index in [1.807, 2.05) is 0 Å². The zero-order valence-electron chi connectivity index (χ0n) is 7.98. The van der Waals surface area contributed by atoms with E-state index in [2.05, 4.69) is 31.2 Å². The monoisotopic (exact) mass is 156 g/mol. The van der Waals surface area contributed by atoms with Crippen LogP contribution in [0, 0.1) is 0 Å². The molecule has 0 bridgehead atoms. The summed E-state index contributed by atoms with van der Waals surface area (Å²) in [5, 5.41) is 3.56. The molecule has 1 saturated carbocycles. The first-order valence-electron chi connectivity index (χ1n) is 4.52. The summed E-state index contributed by atoms with van der Waals surface area (Å²) in [7, 11) is 4.25. The van der Waals surface area contributed by atoms with E-state index in [9.17, 15) is 0 Å². The van der Waals surface area contributed by atoms with Crippen LogP contribution in [-0.2, 0) is 0 Å². The average molecular weight is 156 g/mol. The van der Waals surface area contributed by atoms with Crippen LogP contribution in [0.3, 0.4) is 0 Å². The predicted molar refractivity (Wildman–Crippen MR) is 48.8 cm³/mol. The highest BCUT2D eigenvalue weighted by molar-refractivity contribution is 4.97. The Morgan fingerprint density at radius 3 is 2.45 bits per heavy atom. The molecule has 2 nitrogen and oxygen atoms in total. The van der Waals surface area contributed by atoms with Crippen molar-refractivity contribution in [3.05, 3.63) is 0 Å². The summed E-state index contributed by atoms with van der Waals surface area (Å²) in [6.07, 6.45) is 4.01. The highest BCUT2D eigenvalue weighted by atomic mass is 15.1. The molecule has 1 N–H and O–H groups in total. The lowest BCUT2D eigenvalue weighted by atomic mass is 10.3. The number of hydrogen-bond donors (Lipinski definition) is 1. The van der Waals surface area contributed by atoms with Gasteiger partial charge in [-0.25, -0.2) is 0 Å². The predicted octanol–water partition coefficient (Wildman–Crippen LogP) is 1.08. The molecule has 1 aliphatic carbocycles. The van der Waals surface area contributed by atoms with E-state index in [-0.39, 0.29) is 0 Å². The van der Waals surface area contributed by atoms with E-state index in [1.54, 1.807) is 0 Å². The van der Waals surface area contributed by atoms with Crippen molar-refractivity contribution in [2.75, 3.05) is 27.2 Å². The molecule has 0 saturated heterocycles. The largest absolute Gasteiger partial charge is 0.311 e. The molecule has 11 heavy (non-hydrogen) atoms. The molecule has 1 fully saturated rings. The minimum Gasteiger partial charge on any atom is -0.311 e. The Balaban J connectivity index is 1.88. The Morgan fingerprint density at radius 2 is 2.00 bits per heavy atom. The third-order valence-corrected chi connectivity index (χ3v) is 2.33. The summed E-state index contributed by atoms with van der Waals surface area (Å²) in [5.41, 5.74) is 0.520. The Hall–Kier alpha value is -0.0800. The zero-order chi connectivity index (χ0) is 8.32. The highest BCUT2D eigenvalue weighted by Gasteiger charge is 2.35. The lowest BCUT2D eigenvalue weighted by Crippen LogP contribution is -2.30. The van der Waals surface area contributed by atoms with Crippen LogP contribution in [0.25, 0.3) is 0 Å². The highest BCUT2D eigenvalue weighted by Crippen LogP contribution is 2.33. The van der Waals surface area contributed by atoms with Crippen molar-refractivity contribution in [3.63, 3.8) is 0 Å². The molecule has 0 atom stereocenters. The van der Waals surface area contributed by atoms with E-state index in [4.69, 9.17) is 0 Å². The second-order valence-corrected chi connectivity index (χ2v) is 4.14. The second kappa shape index (κ2) is 3.55. The normalized spacial score (nSPS) is 20.7. The maximum atomic E-state index is 3.56. The van der Waals surface area contributed by atoms with E-state index in [1.165, 1.54) is 32.4 Å². The van der Waals surface area contributed by atoms with Crippen molar-refractivity contribution in [2.45, 2.75) is 31.7 Å². The maximum Gasteiger partial charge on any atom is 0.0154 e. The Morgan fingerprint density at radius 1 is 1.36 bits per heavy atom. The molecular weight excluding hydrogens is 136 g/mol. The van der Waals surface area contributed by atoms with E-state index in [0.717, 1.165) is 0 Å². The number of nitrogens with one attached hydrogen (secondary N) is 1. The molecule has 0 heterocycles. The van der Waals surface area contributed by atoms with Gasteiger partial charge in [-0.1, -0.05) is 0 Å². The van der Waals surface area contributed by atoms with Crippen molar-refractivity contribution in [1.82, 2.24) is 10.2 Å². The van der Waals surface area contributed by atoms with Gasteiger partial charge in [0.2, 0.25) is 0 Å². The molecule has 0 amide bonds. The van der Waals surface area contributed by atoms with Gasteiger partial charge in [0.25, 0.3) is 0 Å².